The van der Waals surface area contributed by atoms with E-state index in [1.54, 1.807) is 12.0 Å². The zero-order valence-electron chi connectivity index (χ0n) is 17.6. The number of carbonyl (C=O) groups is 1. The molecule has 0 aromatic heterocycles. The number of benzene rings is 2. The summed E-state index contributed by atoms with van der Waals surface area (Å²) in [5.74, 6) is 1.12. The van der Waals surface area contributed by atoms with Crippen molar-refractivity contribution in [3.05, 3.63) is 65.2 Å². The van der Waals surface area contributed by atoms with E-state index in [1.807, 2.05) is 24.3 Å². The summed E-state index contributed by atoms with van der Waals surface area (Å²) >= 11 is 0. The van der Waals surface area contributed by atoms with Crippen molar-refractivity contribution in [1.29, 1.82) is 0 Å². The van der Waals surface area contributed by atoms with Gasteiger partial charge in [-0.3, -0.25) is 4.79 Å². The molecule has 1 aliphatic heterocycles. The van der Waals surface area contributed by atoms with Crippen LogP contribution in [0.2, 0.25) is 0 Å². The largest absolute Gasteiger partial charge is 0.497 e. The number of ether oxygens (including phenoxy) is 1. The smallest absolute Gasteiger partial charge is 0.256 e. The van der Waals surface area contributed by atoms with E-state index in [2.05, 4.69) is 43.4 Å². The van der Waals surface area contributed by atoms with Crippen LogP contribution in [0.1, 0.15) is 49.3 Å². The Hall–Kier alpha value is -2.37. The predicted molar refractivity (Wildman–Crippen MR) is 115 cm³/mol. The van der Waals surface area contributed by atoms with Crippen molar-refractivity contribution in [2.45, 2.75) is 51.3 Å². The number of piperidine rings is 1. The molecule has 156 valence electrons. The van der Waals surface area contributed by atoms with Crippen LogP contribution in [0.4, 0.5) is 0 Å². The first-order valence-corrected chi connectivity index (χ1v) is 10.4. The maximum atomic E-state index is 13.0. The Morgan fingerprint density at radius 2 is 1.76 bits per heavy atom. The lowest BCUT2D eigenvalue weighted by molar-refractivity contribution is -0.157. The highest BCUT2D eigenvalue weighted by Crippen LogP contribution is 2.24. The van der Waals surface area contributed by atoms with Gasteiger partial charge in [0.15, 0.2) is 5.60 Å². The fourth-order valence-corrected chi connectivity index (χ4v) is 3.77. The molecular weight excluding hydrogens is 364 g/mol. The maximum Gasteiger partial charge on any atom is 0.256 e. The van der Waals surface area contributed by atoms with Crippen LogP contribution in [-0.2, 0) is 17.9 Å². The first-order valence-electron chi connectivity index (χ1n) is 10.4. The van der Waals surface area contributed by atoms with Gasteiger partial charge in [0, 0.05) is 26.2 Å². The molecule has 2 aromatic rings. The van der Waals surface area contributed by atoms with Crippen LogP contribution in [0.15, 0.2) is 48.5 Å². The van der Waals surface area contributed by atoms with E-state index >= 15 is 0 Å². The van der Waals surface area contributed by atoms with Gasteiger partial charge in [-0.25, -0.2) is 0 Å². The molecule has 29 heavy (non-hydrogen) atoms. The molecule has 0 saturated carbocycles. The molecule has 3 rings (SSSR count). The Kier molecular flexibility index (Phi) is 6.93. The summed E-state index contributed by atoms with van der Waals surface area (Å²) in [5, 5.41) is 14.2. The summed E-state index contributed by atoms with van der Waals surface area (Å²) in [6, 6.07) is 16.2. The van der Waals surface area contributed by atoms with Gasteiger partial charge in [-0.05, 0) is 47.6 Å². The molecule has 1 heterocycles. The van der Waals surface area contributed by atoms with Crippen molar-refractivity contribution in [2.24, 2.45) is 0 Å². The second kappa shape index (κ2) is 9.42. The van der Waals surface area contributed by atoms with E-state index in [0.717, 1.165) is 23.3 Å². The highest BCUT2D eigenvalue weighted by Gasteiger charge is 2.41. The lowest BCUT2D eigenvalue weighted by Crippen LogP contribution is -2.57. The Morgan fingerprint density at radius 1 is 1.10 bits per heavy atom. The van der Waals surface area contributed by atoms with Gasteiger partial charge >= 0.3 is 0 Å². The Bertz CT molecular complexity index is 802. The number of hydrogen-bond donors (Lipinski definition) is 2. The molecule has 2 N–H and O–H groups in total. The predicted octanol–water partition coefficient (Wildman–Crippen LogP) is 3.46. The summed E-state index contributed by atoms with van der Waals surface area (Å²) in [5.41, 5.74) is 2.12. The second-order valence-electron chi connectivity index (χ2n) is 8.21. The molecule has 5 nitrogen and oxygen atoms in total. The van der Waals surface area contributed by atoms with E-state index in [4.69, 9.17) is 4.74 Å². The van der Waals surface area contributed by atoms with Crippen LogP contribution in [0.25, 0.3) is 0 Å². The van der Waals surface area contributed by atoms with Gasteiger partial charge in [-0.15, -0.1) is 0 Å². The summed E-state index contributed by atoms with van der Waals surface area (Å²) in [6.45, 7) is 6.41. The van der Waals surface area contributed by atoms with E-state index in [-0.39, 0.29) is 12.5 Å². The Labute approximate surface area is 173 Å². The van der Waals surface area contributed by atoms with Gasteiger partial charge < -0.3 is 20.1 Å². The maximum absolute atomic E-state index is 13.0. The van der Waals surface area contributed by atoms with Gasteiger partial charge in [0.05, 0.1) is 7.11 Å². The topological polar surface area (TPSA) is 61.8 Å². The van der Waals surface area contributed by atoms with Gasteiger partial charge in [-0.2, -0.15) is 0 Å². The third kappa shape index (κ3) is 5.37. The number of methoxy groups -OCH3 is 1. The van der Waals surface area contributed by atoms with E-state index in [1.165, 1.54) is 5.56 Å². The van der Waals surface area contributed by atoms with Crippen LogP contribution < -0.4 is 10.1 Å². The van der Waals surface area contributed by atoms with Gasteiger partial charge in [0.25, 0.3) is 5.91 Å². The van der Waals surface area contributed by atoms with Crippen LogP contribution >= 0.6 is 0 Å². The SMILES string of the molecule is COc1ccc(CNC[C@]2(O)CCCN(Cc3ccc(C(C)C)cc3)C2=O)cc1. The van der Waals surface area contributed by atoms with Crippen LogP contribution in [0.3, 0.4) is 0 Å². The normalized spacial score (nSPS) is 19.6. The third-order valence-corrected chi connectivity index (χ3v) is 5.63. The first kappa shape index (κ1) is 21.3. The van der Waals surface area contributed by atoms with Crippen molar-refractivity contribution in [3.63, 3.8) is 0 Å². The summed E-state index contributed by atoms with van der Waals surface area (Å²) in [6.07, 6.45) is 1.29. The summed E-state index contributed by atoms with van der Waals surface area (Å²) < 4.78 is 5.17. The average Bonchev–Trinajstić information content (AvgIpc) is 2.72. The number of nitrogens with one attached hydrogen (secondary N) is 1. The van der Waals surface area contributed by atoms with Crippen molar-refractivity contribution >= 4 is 5.91 Å². The molecular formula is C24H32N2O3. The first-order chi connectivity index (χ1) is 13.9. The van der Waals surface area contributed by atoms with Crippen molar-refractivity contribution in [1.82, 2.24) is 10.2 Å². The number of rotatable bonds is 8. The molecule has 0 radical (unpaired) electrons. The number of carbonyl (C=O) groups excluding carboxylic acids is 1. The van der Waals surface area contributed by atoms with E-state index < -0.39 is 5.60 Å². The number of nitrogens with zero attached hydrogens (tertiary/aromatic N) is 1. The molecule has 1 amide bonds. The molecule has 1 fully saturated rings. The summed E-state index contributed by atoms with van der Waals surface area (Å²) in [4.78, 5) is 14.8. The quantitative estimate of drug-likeness (QED) is 0.717. The molecule has 1 saturated heterocycles. The standard InChI is InChI=1S/C24H32N2O3/c1-18(2)21-9-5-20(6-10-21)16-26-14-4-13-24(28,23(26)27)17-25-15-19-7-11-22(29-3)12-8-19/h5-12,18,25,28H,4,13-17H2,1-3H3/t24-/m1/s1. The van der Waals surface area contributed by atoms with Crippen LogP contribution in [0, 0.1) is 0 Å². The molecule has 2 aromatic carbocycles. The van der Waals surface area contributed by atoms with Gasteiger partial charge in [0.1, 0.15) is 5.75 Å². The minimum Gasteiger partial charge on any atom is -0.497 e. The van der Waals surface area contributed by atoms with Crippen LogP contribution in [0.5, 0.6) is 5.75 Å². The minimum absolute atomic E-state index is 0.182. The Balaban J connectivity index is 1.56. The highest BCUT2D eigenvalue weighted by molar-refractivity contribution is 5.86. The molecule has 1 atom stereocenters. The molecule has 5 heteroatoms. The van der Waals surface area contributed by atoms with Crippen molar-refractivity contribution in [2.75, 3.05) is 20.2 Å². The number of hydrogen-bond acceptors (Lipinski definition) is 4. The lowest BCUT2D eigenvalue weighted by Gasteiger charge is -2.38. The van der Waals surface area contributed by atoms with Gasteiger partial charge in [0.2, 0.25) is 0 Å². The zero-order valence-corrected chi connectivity index (χ0v) is 17.6. The highest BCUT2D eigenvalue weighted by atomic mass is 16.5. The van der Waals surface area contributed by atoms with E-state index in [0.29, 0.717) is 32.0 Å². The number of amides is 1. The number of aliphatic hydroxyl groups is 1. The second-order valence-corrected chi connectivity index (χ2v) is 8.21. The molecule has 0 unspecified atom stereocenters. The van der Waals surface area contributed by atoms with E-state index in [9.17, 15) is 9.90 Å². The lowest BCUT2D eigenvalue weighted by atomic mass is 9.91. The van der Waals surface area contributed by atoms with Gasteiger partial charge in [-0.1, -0.05) is 50.2 Å². The Morgan fingerprint density at radius 3 is 2.38 bits per heavy atom. The minimum atomic E-state index is -1.34. The third-order valence-electron chi connectivity index (χ3n) is 5.63. The molecule has 0 bridgehead atoms. The molecule has 1 aliphatic rings. The van der Waals surface area contributed by atoms with Crippen LogP contribution in [-0.4, -0.2) is 41.7 Å². The zero-order chi connectivity index (χ0) is 20.9. The monoisotopic (exact) mass is 396 g/mol. The van der Waals surface area contributed by atoms with Crippen molar-refractivity contribution < 1.29 is 14.6 Å². The molecule has 0 aliphatic carbocycles. The average molecular weight is 397 g/mol. The molecule has 0 spiro atoms. The fourth-order valence-electron chi connectivity index (χ4n) is 3.77. The number of likely N-dealkylation sites (tertiary alicyclic amines) is 1. The van der Waals surface area contributed by atoms with Crippen molar-refractivity contribution in [3.8, 4) is 5.75 Å². The summed E-state index contributed by atoms with van der Waals surface area (Å²) in [7, 11) is 1.64. The fraction of sp³-hybridized carbons (Fsp3) is 0.458.